The van der Waals surface area contributed by atoms with Crippen molar-refractivity contribution in [2.24, 2.45) is 5.92 Å². The van der Waals surface area contributed by atoms with Gasteiger partial charge in [-0.05, 0) is 40.9 Å². The van der Waals surface area contributed by atoms with Crippen LogP contribution in [0.2, 0.25) is 0 Å². The number of para-hydroxylation sites is 1. The molecule has 3 aliphatic rings. The third kappa shape index (κ3) is 6.81. The Morgan fingerprint density at radius 2 is 1.56 bits per heavy atom. The average molecular weight is 583 g/mol. The number of carbonyl (C=O) groups excluding carboxylic acids is 2. The maximum absolute atomic E-state index is 13.5. The highest BCUT2D eigenvalue weighted by atomic mass is 32.1. The zero-order valence-corrected chi connectivity index (χ0v) is 22.6. The van der Waals surface area contributed by atoms with Crippen LogP contribution in [0.25, 0.3) is 0 Å². The number of carboxylic acid groups (broad SMARTS) is 1. The van der Waals surface area contributed by atoms with Gasteiger partial charge in [0.1, 0.15) is 24.9 Å². The maximum atomic E-state index is 13.5. The van der Waals surface area contributed by atoms with E-state index in [0.29, 0.717) is 22.3 Å². The molecule has 1 aromatic carbocycles. The van der Waals surface area contributed by atoms with E-state index in [2.05, 4.69) is 5.32 Å². The molecule has 0 aliphatic carbocycles. The van der Waals surface area contributed by atoms with Crippen molar-refractivity contribution >= 4 is 34.6 Å². The number of halogens is 3. The number of nitrogens with one attached hydrogen (secondary N) is 1. The number of amides is 1. The number of thiophene rings is 2. The number of piperidine rings is 3. The van der Waals surface area contributed by atoms with Gasteiger partial charge in [0.25, 0.3) is 5.91 Å². The van der Waals surface area contributed by atoms with E-state index in [1.54, 1.807) is 0 Å². The van der Waals surface area contributed by atoms with Crippen LogP contribution in [0.4, 0.5) is 13.2 Å². The molecular weight excluding hydrogens is 553 g/mol. The highest BCUT2D eigenvalue weighted by molar-refractivity contribution is 7.12. The number of nitrogens with zero attached hydrogens (tertiary/aromatic N) is 1. The highest BCUT2D eigenvalue weighted by Gasteiger charge is 2.49. The molecule has 39 heavy (non-hydrogen) atoms. The molecule has 0 radical (unpaired) electrons. The third-order valence-corrected chi connectivity index (χ3v) is 9.27. The molecule has 5 heterocycles. The second-order valence-corrected chi connectivity index (χ2v) is 11.6. The van der Waals surface area contributed by atoms with Gasteiger partial charge in [-0.15, -0.1) is 22.7 Å². The lowest BCUT2D eigenvalue weighted by molar-refractivity contribution is -0.943. The quantitative estimate of drug-likeness (QED) is 0.398. The number of alkyl halides is 3. The number of aliphatic carboxylic acids is 1. The molecule has 2 aromatic heterocycles. The zero-order chi connectivity index (χ0) is 28.1. The highest BCUT2D eigenvalue weighted by Crippen LogP contribution is 2.38. The van der Waals surface area contributed by atoms with Crippen LogP contribution in [0, 0.1) is 5.92 Å². The van der Waals surface area contributed by atoms with Crippen LogP contribution < -0.4 is 15.2 Å². The van der Waals surface area contributed by atoms with Crippen molar-refractivity contribution in [1.29, 1.82) is 0 Å². The second-order valence-electron chi connectivity index (χ2n) is 9.72. The Balaban J connectivity index is 0.000000448. The lowest BCUT2D eigenvalue weighted by Gasteiger charge is -2.53. The summed E-state index contributed by atoms with van der Waals surface area (Å²) in [6.07, 6.45) is -2.99. The number of carbonyl (C=O) groups is 2. The molecule has 2 bridgehead atoms. The number of quaternary nitrogens is 1. The van der Waals surface area contributed by atoms with Crippen LogP contribution in [0.3, 0.4) is 0 Å². The molecule has 1 amide bonds. The zero-order valence-electron chi connectivity index (χ0n) is 20.9. The molecule has 6 rings (SSSR count). The Morgan fingerprint density at radius 1 is 1.00 bits per heavy atom. The fraction of sp³-hybridized carbons (Fsp3) is 0.407. The predicted octanol–water partition coefficient (Wildman–Crippen LogP) is 3.15. The van der Waals surface area contributed by atoms with Crippen LogP contribution in [-0.2, 0) is 15.2 Å². The van der Waals surface area contributed by atoms with E-state index in [1.165, 1.54) is 22.7 Å². The van der Waals surface area contributed by atoms with Gasteiger partial charge in [-0.25, -0.2) is 0 Å². The van der Waals surface area contributed by atoms with E-state index in [1.807, 2.05) is 65.4 Å². The Bertz CT molecular complexity index is 1180. The Kier molecular flexibility index (Phi) is 9.00. The molecule has 0 spiro atoms. The van der Waals surface area contributed by atoms with Gasteiger partial charge in [-0.1, -0.05) is 30.3 Å². The van der Waals surface area contributed by atoms with Gasteiger partial charge in [0, 0.05) is 12.8 Å². The van der Waals surface area contributed by atoms with Crippen molar-refractivity contribution in [3.63, 3.8) is 0 Å². The van der Waals surface area contributed by atoms with Crippen LogP contribution >= 0.6 is 22.7 Å². The summed E-state index contributed by atoms with van der Waals surface area (Å²) in [5, 5.41) is 27.5. The number of ether oxygens (including phenoxy) is 1. The molecule has 3 aliphatic heterocycles. The number of fused-ring (bicyclic) bond motifs is 3. The average Bonchev–Trinajstić information content (AvgIpc) is 3.65. The first-order valence-corrected chi connectivity index (χ1v) is 14.2. The molecule has 3 fully saturated rings. The van der Waals surface area contributed by atoms with Crippen LogP contribution in [0.15, 0.2) is 65.4 Å². The summed E-state index contributed by atoms with van der Waals surface area (Å²) in [6.45, 7) is 4.78. The summed E-state index contributed by atoms with van der Waals surface area (Å²) in [5.74, 6) is -1.93. The topological polar surface area (TPSA) is 98.7 Å². The van der Waals surface area contributed by atoms with Gasteiger partial charge in [0.15, 0.2) is 0 Å². The first-order chi connectivity index (χ1) is 18.5. The number of hydrogen-bond acceptors (Lipinski definition) is 7. The van der Waals surface area contributed by atoms with E-state index in [4.69, 9.17) is 14.6 Å². The Morgan fingerprint density at radius 3 is 2.05 bits per heavy atom. The first kappa shape index (κ1) is 29.1. The minimum Gasteiger partial charge on any atom is -0.542 e. The van der Waals surface area contributed by atoms with E-state index in [0.717, 1.165) is 49.3 Å². The molecule has 1 atom stereocenters. The Labute approximate surface area is 232 Å². The van der Waals surface area contributed by atoms with E-state index >= 15 is 0 Å². The van der Waals surface area contributed by atoms with Gasteiger partial charge in [-0.3, -0.25) is 4.79 Å². The molecule has 210 valence electrons. The van der Waals surface area contributed by atoms with Crippen molar-refractivity contribution in [3.05, 3.63) is 75.1 Å². The third-order valence-electron chi connectivity index (χ3n) is 7.31. The SMILES string of the molecule is O=C(N[C@H]1C[N+]2(CCOc3ccccc3)CCC1CC2)C(O)(c1cccs1)c1cccs1.O=C([O-])C(F)(F)F. The lowest BCUT2D eigenvalue weighted by atomic mass is 9.81. The number of aliphatic hydroxyl groups is 1. The summed E-state index contributed by atoms with van der Waals surface area (Å²) in [7, 11) is 0. The van der Waals surface area contributed by atoms with E-state index < -0.39 is 17.7 Å². The van der Waals surface area contributed by atoms with Gasteiger partial charge in [0.2, 0.25) is 5.60 Å². The maximum Gasteiger partial charge on any atom is 0.430 e. The fourth-order valence-corrected chi connectivity index (χ4v) is 6.96. The van der Waals surface area contributed by atoms with Crippen LogP contribution in [0.1, 0.15) is 22.6 Å². The molecule has 3 saturated heterocycles. The molecule has 2 N–H and O–H groups in total. The summed E-state index contributed by atoms with van der Waals surface area (Å²) in [5.41, 5.74) is -1.63. The van der Waals surface area contributed by atoms with Gasteiger partial charge < -0.3 is 29.5 Å². The molecule has 12 heteroatoms. The summed E-state index contributed by atoms with van der Waals surface area (Å²) < 4.78 is 38.5. The summed E-state index contributed by atoms with van der Waals surface area (Å²) in [6, 6.07) is 17.5. The monoisotopic (exact) mass is 582 g/mol. The molecule has 7 nitrogen and oxygen atoms in total. The van der Waals surface area contributed by atoms with Crippen molar-refractivity contribution in [3.8, 4) is 5.75 Å². The minimum atomic E-state index is -5.19. The summed E-state index contributed by atoms with van der Waals surface area (Å²) >= 11 is 2.83. The van der Waals surface area contributed by atoms with E-state index in [-0.39, 0.29) is 11.9 Å². The van der Waals surface area contributed by atoms with E-state index in [9.17, 15) is 23.1 Å². The van der Waals surface area contributed by atoms with Crippen molar-refractivity contribution < 1.29 is 42.2 Å². The molecule has 3 aromatic rings. The first-order valence-electron chi connectivity index (χ1n) is 12.5. The number of carboxylic acids is 1. The van der Waals surface area contributed by atoms with Gasteiger partial charge in [0.05, 0.1) is 35.4 Å². The Hall–Kier alpha value is -2.93. The molecule has 0 saturated carbocycles. The van der Waals surface area contributed by atoms with Gasteiger partial charge in [-0.2, -0.15) is 13.2 Å². The van der Waals surface area contributed by atoms with Crippen LogP contribution in [-0.4, -0.2) is 66.5 Å². The molecular formula is C27H29F3N2O5S2. The van der Waals surface area contributed by atoms with Crippen molar-refractivity contribution in [1.82, 2.24) is 5.32 Å². The fourth-order valence-electron chi connectivity index (χ4n) is 5.23. The standard InChI is InChI=1S/C25H28N2O3S2.C2HF3O2/c28-24(25(29,22-8-4-16-31-22)23-9-5-17-32-23)26-21-18-27(12-10-19(21)11-13-27)14-15-30-20-6-2-1-3-7-20;3-2(4,5)1(6)7/h1-9,16-17,19,21,29H,10-15,18H2;(H,6,7)/t19?,21-,27?;/m0./s1. The number of rotatable bonds is 8. The van der Waals surface area contributed by atoms with Gasteiger partial charge >= 0.3 is 6.18 Å². The molecule has 0 unspecified atom stereocenters. The van der Waals surface area contributed by atoms with Crippen molar-refractivity contribution in [2.45, 2.75) is 30.7 Å². The minimum absolute atomic E-state index is 0.0770. The number of hydrogen-bond donors (Lipinski definition) is 2. The predicted molar refractivity (Wildman–Crippen MR) is 139 cm³/mol. The van der Waals surface area contributed by atoms with Crippen molar-refractivity contribution in [2.75, 3.05) is 32.8 Å². The second kappa shape index (κ2) is 12.1. The largest absolute Gasteiger partial charge is 0.542 e. The normalized spacial score (nSPS) is 22.5. The lowest BCUT2D eigenvalue weighted by Crippen LogP contribution is -2.69. The number of benzene rings is 1. The smallest absolute Gasteiger partial charge is 0.430 e. The summed E-state index contributed by atoms with van der Waals surface area (Å²) in [4.78, 5) is 23.6. The van der Waals surface area contributed by atoms with Crippen LogP contribution in [0.5, 0.6) is 5.75 Å².